The summed E-state index contributed by atoms with van der Waals surface area (Å²) in [5.74, 6) is 0.650. The number of nitrogens with zero attached hydrogens (tertiary/aromatic N) is 1. The van der Waals surface area contributed by atoms with Crippen LogP contribution >= 0.6 is 35.0 Å². The Bertz CT molecular complexity index is 377. The Morgan fingerprint density at radius 3 is 2.76 bits per heavy atom. The highest BCUT2D eigenvalue weighted by atomic mass is 35.5. The van der Waals surface area contributed by atoms with E-state index in [0.29, 0.717) is 22.3 Å². The fourth-order valence-corrected chi connectivity index (χ4v) is 2.73. The minimum Gasteiger partial charge on any atom is -0.396 e. The molecule has 0 amide bonds. The summed E-state index contributed by atoms with van der Waals surface area (Å²) in [6, 6.07) is 1.70. The first kappa shape index (κ1) is 14.9. The predicted octanol–water partition coefficient (Wildman–Crippen LogP) is 3.68. The largest absolute Gasteiger partial charge is 0.396 e. The Kier molecular flexibility index (Phi) is 6.41. The van der Waals surface area contributed by atoms with E-state index >= 15 is 0 Å². The van der Waals surface area contributed by atoms with Crippen molar-refractivity contribution in [3.05, 3.63) is 16.1 Å². The lowest BCUT2D eigenvalue weighted by Gasteiger charge is -2.12. The first-order valence-electron chi connectivity index (χ1n) is 5.45. The zero-order valence-electron chi connectivity index (χ0n) is 9.83. The van der Waals surface area contributed by atoms with Crippen LogP contribution in [0.1, 0.15) is 20.3 Å². The van der Waals surface area contributed by atoms with Crippen molar-refractivity contribution in [3.63, 3.8) is 0 Å². The molecule has 3 nitrogen and oxygen atoms in total. The molecule has 0 aliphatic carbocycles. The molecule has 1 rings (SSSR count). The highest BCUT2D eigenvalue weighted by molar-refractivity contribution is 7.99. The van der Waals surface area contributed by atoms with Crippen LogP contribution in [0.5, 0.6) is 0 Å². The molecule has 1 unspecified atom stereocenters. The van der Waals surface area contributed by atoms with Gasteiger partial charge in [-0.1, -0.05) is 30.1 Å². The van der Waals surface area contributed by atoms with Gasteiger partial charge in [-0.3, -0.25) is 0 Å². The lowest BCUT2D eigenvalue weighted by atomic mass is 10.3. The van der Waals surface area contributed by atoms with Crippen LogP contribution in [0.3, 0.4) is 0 Å². The summed E-state index contributed by atoms with van der Waals surface area (Å²) in [6.45, 7) is 4.93. The molecule has 0 fully saturated rings. The SMILES string of the molecule is CCNc1nc(SC(C)CCO)c(Cl)cc1Cl. The number of aromatic nitrogens is 1. The minimum absolute atomic E-state index is 0.166. The van der Waals surface area contributed by atoms with Crippen LogP contribution in [-0.4, -0.2) is 28.5 Å². The Morgan fingerprint density at radius 1 is 1.47 bits per heavy atom. The first-order valence-corrected chi connectivity index (χ1v) is 7.09. The number of nitrogens with one attached hydrogen (secondary N) is 1. The molecule has 0 saturated heterocycles. The van der Waals surface area contributed by atoms with Crippen molar-refractivity contribution < 1.29 is 5.11 Å². The van der Waals surface area contributed by atoms with Gasteiger partial charge in [0.1, 0.15) is 10.8 Å². The molecule has 2 N–H and O–H groups in total. The van der Waals surface area contributed by atoms with Crippen molar-refractivity contribution in [1.82, 2.24) is 4.98 Å². The van der Waals surface area contributed by atoms with Gasteiger partial charge in [0.2, 0.25) is 0 Å². The number of hydrogen-bond donors (Lipinski definition) is 2. The molecule has 0 radical (unpaired) electrons. The molecule has 0 spiro atoms. The molecular weight excluding hydrogens is 279 g/mol. The third kappa shape index (κ3) is 4.54. The number of pyridine rings is 1. The van der Waals surface area contributed by atoms with E-state index in [1.807, 2.05) is 13.8 Å². The van der Waals surface area contributed by atoms with Gasteiger partial charge in [0.15, 0.2) is 0 Å². The first-order chi connectivity index (χ1) is 8.08. The van der Waals surface area contributed by atoms with Crippen LogP contribution in [0.25, 0.3) is 0 Å². The summed E-state index contributed by atoms with van der Waals surface area (Å²) in [4.78, 5) is 4.39. The number of halogens is 2. The van der Waals surface area contributed by atoms with Crippen molar-refractivity contribution >= 4 is 40.8 Å². The normalized spacial score (nSPS) is 12.5. The van der Waals surface area contributed by atoms with Gasteiger partial charge in [0.25, 0.3) is 0 Å². The summed E-state index contributed by atoms with van der Waals surface area (Å²) in [5, 5.41) is 14.0. The monoisotopic (exact) mass is 294 g/mol. The quantitative estimate of drug-likeness (QED) is 0.786. The van der Waals surface area contributed by atoms with E-state index in [4.69, 9.17) is 28.3 Å². The average Bonchev–Trinajstić information content (AvgIpc) is 2.25. The van der Waals surface area contributed by atoms with Crippen LogP contribution in [0.15, 0.2) is 11.1 Å². The Labute approximate surface area is 116 Å². The maximum absolute atomic E-state index is 8.87. The molecule has 0 saturated carbocycles. The molecular formula is C11H16Cl2N2OS. The lowest BCUT2D eigenvalue weighted by Crippen LogP contribution is -2.03. The minimum atomic E-state index is 0.166. The summed E-state index contributed by atoms with van der Waals surface area (Å²) in [6.07, 6.45) is 0.710. The van der Waals surface area contributed by atoms with E-state index in [1.54, 1.807) is 17.8 Å². The number of aliphatic hydroxyl groups is 1. The predicted molar refractivity (Wildman–Crippen MR) is 75.4 cm³/mol. The van der Waals surface area contributed by atoms with Crippen molar-refractivity contribution in [2.24, 2.45) is 0 Å². The Hall–Kier alpha value is -0.160. The second-order valence-electron chi connectivity index (χ2n) is 3.58. The van der Waals surface area contributed by atoms with Crippen molar-refractivity contribution in [3.8, 4) is 0 Å². The van der Waals surface area contributed by atoms with E-state index in [0.717, 1.165) is 11.6 Å². The van der Waals surface area contributed by atoms with Crippen LogP contribution in [0.2, 0.25) is 10.0 Å². The standard InChI is InChI=1S/C11H16Cl2N2OS/c1-3-14-10-8(12)6-9(13)11(15-10)17-7(2)4-5-16/h6-7,16H,3-5H2,1-2H3,(H,14,15). The topological polar surface area (TPSA) is 45.2 Å². The highest BCUT2D eigenvalue weighted by Crippen LogP contribution is 2.34. The lowest BCUT2D eigenvalue weighted by molar-refractivity contribution is 0.289. The molecule has 6 heteroatoms. The number of aliphatic hydroxyl groups excluding tert-OH is 1. The second-order valence-corrected chi connectivity index (χ2v) is 5.82. The van der Waals surface area contributed by atoms with E-state index in [2.05, 4.69) is 10.3 Å². The van der Waals surface area contributed by atoms with Crippen molar-refractivity contribution in [2.75, 3.05) is 18.5 Å². The third-order valence-electron chi connectivity index (χ3n) is 2.09. The maximum Gasteiger partial charge on any atom is 0.146 e. The van der Waals surface area contributed by atoms with Gasteiger partial charge in [-0.2, -0.15) is 0 Å². The molecule has 0 aromatic carbocycles. The smallest absolute Gasteiger partial charge is 0.146 e. The van der Waals surface area contributed by atoms with Gasteiger partial charge in [-0.05, 0) is 19.4 Å². The van der Waals surface area contributed by atoms with E-state index < -0.39 is 0 Å². The van der Waals surface area contributed by atoms with E-state index in [9.17, 15) is 0 Å². The van der Waals surface area contributed by atoms with E-state index in [-0.39, 0.29) is 11.9 Å². The fourth-order valence-electron chi connectivity index (χ4n) is 1.26. The summed E-state index contributed by atoms with van der Waals surface area (Å²) >= 11 is 13.6. The molecule has 1 aromatic heterocycles. The zero-order chi connectivity index (χ0) is 12.8. The van der Waals surface area contributed by atoms with Gasteiger partial charge in [0, 0.05) is 18.4 Å². The number of rotatable bonds is 6. The van der Waals surface area contributed by atoms with E-state index in [1.165, 1.54) is 0 Å². The number of anilines is 1. The third-order valence-corrected chi connectivity index (χ3v) is 3.95. The molecule has 1 aromatic rings. The van der Waals surface area contributed by atoms with Crippen LogP contribution in [-0.2, 0) is 0 Å². The highest BCUT2D eigenvalue weighted by Gasteiger charge is 2.12. The molecule has 0 bridgehead atoms. The van der Waals surface area contributed by atoms with Gasteiger partial charge >= 0.3 is 0 Å². The maximum atomic E-state index is 8.87. The summed E-state index contributed by atoms with van der Waals surface area (Å²) < 4.78 is 0. The molecule has 0 aliphatic rings. The van der Waals surface area contributed by atoms with Crippen LogP contribution in [0, 0.1) is 0 Å². The van der Waals surface area contributed by atoms with Crippen LogP contribution < -0.4 is 5.32 Å². The number of hydrogen-bond acceptors (Lipinski definition) is 4. The van der Waals surface area contributed by atoms with Gasteiger partial charge < -0.3 is 10.4 Å². The molecule has 1 atom stereocenters. The van der Waals surface area contributed by atoms with Gasteiger partial charge in [-0.25, -0.2) is 4.98 Å². The molecule has 96 valence electrons. The average molecular weight is 295 g/mol. The summed E-state index contributed by atoms with van der Waals surface area (Å²) in [7, 11) is 0. The van der Waals surface area contributed by atoms with Crippen molar-refractivity contribution in [2.45, 2.75) is 30.5 Å². The zero-order valence-corrected chi connectivity index (χ0v) is 12.2. The molecule has 0 aliphatic heterocycles. The van der Waals surface area contributed by atoms with Gasteiger partial charge in [-0.15, -0.1) is 11.8 Å². The summed E-state index contributed by atoms with van der Waals surface area (Å²) in [5.41, 5.74) is 0. The fraction of sp³-hybridized carbons (Fsp3) is 0.545. The van der Waals surface area contributed by atoms with Crippen LogP contribution in [0.4, 0.5) is 5.82 Å². The Balaban J connectivity index is 2.87. The number of thioether (sulfide) groups is 1. The molecule has 1 heterocycles. The Morgan fingerprint density at radius 2 is 2.18 bits per heavy atom. The van der Waals surface area contributed by atoms with Gasteiger partial charge in [0.05, 0.1) is 10.0 Å². The van der Waals surface area contributed by atoms with Crippen molar-refractivity contribution in [1.29, 1.82) is 0 Å². The molecule has 17 heavy (non-hydrogen) atoms. The second kappa shape index (κ2) is 7.31.